The Bertz CT molecular complexity index is 1170. The number of carbonyl (C=O) groups is 2. The lowest BCUT2D eigenvalue weighted by atomic mass is 9.90. The van der Waals surface area contributed by atoms with Crippen LogP contribution in [0.25, 0.3) is 0 Å². The smallest absolute Gasteiger partial charge is 0.332 e. The van der Waals surface area contributed by atoms with E-state index in [0.717, 1.165) is 14.9 Å². The van der Waals surface area contributed by atoms with E-state index in [1.807, 2.05) is 42.5 Å². The number of halogens is 3. The van der Waals surface area contributed by atoms with Gasteiger partial charge >= 0.3 is 6.03 Å². The molecule has 0 radical (unpaired) electrons. The van der Waals surface area contributed by atoms with Crippen LogP contribution in [0.5, 0.6) is 0 Å². The van der Waals surface area contributed by atoms with Crippen LogP contribution in [0, 0.1) is 0 Å². The number of anilines is 1. The maximum Gasteiger partial charge on any atom is 0.332 e. The molecule has 1 aliphatic heterocycles. The van der Waals surface area contributed by atoms with Crippen LogP contribution in [0.1, 0.15) is 24.2 Å². The molecule has 1 fully saturated rings. The molecule has 3 amide bonds. The third kappa shape index (κ3) is 4.80. The summed E-state index contributed by atoms with van der Waals surface area (Å²) in [5, 5.41) is 11.5. The van der Waals surface area contributed by atoms with Gasteiger partial charge in [0, 0.05) is 20.9 Å². The second-order valence-electron chi connectivity index (χ2n) is 8.16. The minimum absolute atomic E-state index is 0.0492. The second-order valence-corrected chi connectivity index (χ2v) is 9.95. The van der Waals surface area contributed by atoms with Gasteiger partial charge in [0.1, 0.15) is 5.54 Å². The molecule has 3 aromatic rings. The number of aliphatic hydroxyl groups is 1. The first-order chi connectivity index (χ1) is 15.7. The zero-order chi connectivity index (χ0) is 23.8. The second kappa shape index (κ2) is 9.47. The van der Waals surface area contributed by atoms with Gasteiger partial charge in [0.15, 0.2) is 0 Å². The summed E-state index contributed by atoms with van der Waals surface area (Å²) in [6.45, 7) is 1.67. The Morgan fingerprint density at radius 2 is 1.58 bits per heavy atom. The number of hydrogen-bond acceptors (Lipinski definition) is 3. The molecule has 2 atom stereocenters. The molecule has 0 aliphatic carbocycles. The standard InChI is InChI=1S/C25H21BrCl2N2O3/c1-25(14-16-7-9-18(26)10-8-16)23(32)30(21-12-19(27)11-20(28)13-21)24(33)29(25)15-22(31)17-5-3-2-4-6-17/h2-13,22,31H,14-15H2,1H3. The maximum atomic E-state index is 13.7. The quantitative estimate of drug-likeness (QED) is 0.370. The number of hydrogen-bond donors (Lipinski definition) is 1. The van der Waals surface area contributed by atoms with Gasteiger partial charge in [0.2, 0.25) is 0 Å². The molecule has 3 aromatic carbocycles. The zero-order valence-electron chi connectivity index (χ0n) is 17.7. The van der Waals surface area contributed by atoms with Crippen molar-refractivity contribution >= 4 is 56.8 Å². The van der Waals surface area contributed by atoms with Crippen molar-refractivity contribution in [1.82, 2.24) is 4.90 Å². The van der Waals surface area contributed by atoms with Crippen LogP contribution in [-0.4, -0.2) is 34.0 Å². The van der Waals surface area contributed by atoms with Crippen molar-refractivity contribution < 1.29 is 14.7 Å². The van der Waals surface area contributed by atoms with Gasteiger partial charge in [-0.2, -0.15) is 0 Å². The first kappa shape index (κ1) is 23.8. The van der Waals surface area contributed by atoms with E-state index in [1.165, 1.54) is 23.1 Å². The summed E-state index contributed by atoms with van der Waals surface area (Å²) < 4.78 is 0.914. The van der Waals surface area contributed by atoms with E-state index in [0.29, 0.717) is 21.3 Å². The number of nitrogens with zero attached hydrogens (tertiary/aromatic N) is 2. The molecule has 0 bridgehead atoms. The summed E-state index contributed by atoms with van der Waals surface area (Å²) in [7, 11) is 0. The van der Waals surface area contributed by atoms with E-state index in [9.17, 15) is 14.7 Å². The van der Waals surface area contributed by atoms with Gasteiger partial charge < -0.3 is 10.0 Å². The van der Waals surface area contributed by atoms with Gasteiger partial charge in [0.05, 0.1) is 18.3 Å². The van der Waals surface area contributed by atoms with Crippen LogP contribution in [0.2, 0.25) is 10.0 Å². The van der Waals surface area contributed by atoms with E-state index in [2.05, 4.69) is 15.9 Å². The Morgan fingerprint density at radius 1 is 0.970 bits per heavy atom. The molecule has 0 spiro atoms. The summed E-state index contributed by atoms with van der Waals surface area (Å²) in [4.78, 5) is 29.9. The van der Waals surface area contributed by atoms with Crippen LogP contribution < -0.4 is 4.90 Å². The third-order valence-corrected chi connectivity index (χ3v) is 6.75. The summed E-state index contributed by atoms with van der Waals surface area (Å²) in [6, 6.07) is 20.7. The molecule has 4 rings (SSSR count). The molecule has 170 valence electrons. The van der Waals surface area contributed by atoms with E-state index >= 15 is 0 Å². The summed E-state index contributed by atoms with van der Waals surface area (Å²) in [5.41, 5.74) is 0.608. The highest BCUT2D eigenvalue weighted by atomic mass is 79.9. The van der Waals surface area contributed by atoms with Crippen molar-refractivity contribution in [2.24, 2.45) is 0 Å². The van der Waals surface area contributed by atoms with Crippen molar-refractivity contribution in [3.63, 3.8) is 0 Å². The average molecular weight is 548 g/mol. The summed E-state index contributed by atoms with van der Waals surface area (Å²) in [6.07, 6.45) is -0.688. The molecule has 33 heavy (non-hydrogen) atoms. The molecular formula is C25H21BrCl2N2O3. The molecule has 0 aromatic heterocycles. The molecule has 1 saturated heterocycles. The highest BCUT2D eigenvalue weighted by Gasteiger charge is 2.55. The average Bonchev–Trinajstić information content (AvgIpc) is 2.95. The van der Waals surface area contributed by atoms with Gasteiger partial charge in [-0.3, -0.25) is 4.79 Å². The minimum atomic E-state index is -1.23. The lowest BCUT2D eigenvalue weighted by Gasteiger charge is -2.33. The fourth-order valence-corrected chi connectivity index (χ4v) is 4.85. The largest absolute Gasteiger partial charge is 0.387 e. The molecule has 2 unspecified atom stereocenters. The van der Waals surface area contributed by atoms with Gasteiger partial charge in [-0.1, -0.05) is 81.6 Å². The molecule has 5 nitrogen and oxygen atoms in total. The third-order valence-electron chi connectivity index (χ3n) is 5.79. The Kier molecular flexibility index (Phi) is 6.82. The Hall–Kier alpha value is -2.38. The molecule has 1 heterocycles. The van der Waals surface area contributed by atoms with Gasteiger partial charge in [-0.25, -0.2) is 9.69 Å². The number of β-amino-alcohol motifs (C(OH)–C–C–N with tert-alkyl or cyclic N) is 1. The van der Waals surface area contributed by atoms with Gasteiger partial charge in [-0.15, -0.1) is 0 Å². The Balaban J connectivity index is 1.74. The number of urea groups is 1. The van der Waals surface area contributed by atoms with Crippen molar-refractivity contribution in [3.05, 3.63) is 98.4 Å². The lowest BCUT2D eigenvalue weighted by molar-refractivity contribution is -0.124. The topological polar surface area (TPSA) is 60.9 Å². The Labute approximate surface area is 210 Å². The predicted octanol–water partition coefficient (Wildman–Crippen LogP) is 6.26. The molecule has 8 heteroatoms. The maximum absolute atomic E-state index is 13.7. The molecular weight excluding hydrogens is 527 g/mol. The fraction of sp³-hybridized carbons (Fsp3) is 0.200. The monoisotopic (exact) mass is 546 g/mol. The van der Waals surface area contributed by atoms with Crippen LogP contribution in [0.15, 0.2) is 77.3 Å². The highest BCUT2D eigenvalue weighted by Crippen LogP contribution is 2.38. The van der Waals surface area contributed by atoms with Crippen molar-refractivity contribution in [2.45, 2.75) is 25.0 Å². The first-order valence-corrected chi connectivity index (χ1v) is 11.8. The number of benzene rings is 3. The van der Waals surface area contributed by atoms with Gasteiger partial charge in [-0.05, 0) is 48.4 Å². The number of imide groups is 1. The normalized spacial score (nSPS) is 19.3. The van der Waals surface area contributed by atoms with Crippen LogP contribution in [-0.2, 0) is 11.2 Å². The van der Waals surface area contributed by atoms with Crippen molar-refractivity contribution in [1.29, 1.82) is 0 Å². The summed E-state index contributed by atoms with van der Waals surface area (Å²) in [5.74, 6) is -0.408. The van der Waals surface area contributed by atoms with E-state index in [-0.39, 0.29) is 13.0 Å². The van der Waals surface area contributed by atoms with Crippen molar-refractivity contribution in [3.8, 4) is 0 Å². The number of carbonyl (C=O) groups excluding carboxylic acids is 2. The Morgan fingerprint density at radius 3 is 2.18 bits per heavy atom. The number of rotatable bonds is 6. The SMILES string of the molecule is CC1(Cc2ccc(Br)cc2)C(=O)N(c2cc(Cl)cc(Cl)c2)C(=O)N1CC(O)c1ccccc1. The highest BCUT2D eigenvalue weighted by molar-refractivity contribution is 9.10. The summed E-state index contributed by atoms with van der Waals surface area (Å²) >= 11 is 15.7. The number of amides is 3. The minimum Gasteiger partial charge on any atom is -0.387 e. The van der Waals surface area contributed by atoms with Crippen LogP contribution in [0.4, 0.5) is 10.5 Å². The van der Waals surface area contributed by atoms with Crippen LogP contribution in [0.3, 0.4) is 0 Å². The first-order valence-electron chi connectivity index (χ1n) is 10.3. The number of aliphatic hydroxyl groups excluding tert-OH is 1. The van der Waals surface area contributed by atoms with Crippen LogP contribution >= 0.6 is 39.1 Å². The molecule has 1 N–H and O–H groups in total. The predicted molar refractivity (Wildman–Crippen MR) is 134 cm³/mol. The van der Waals surface area contributed by atoms with Crippen molar-refractivity contribution in [2.75, 3.05) is 11.4 Å². The van der Waals surface area contributed by atoms with E-state index in [4.69, 9.17) is 23.2 Å². The van der Waals surface area contributed by atoms with E-state index < -0.39 is 23.6 Å². The fourth-order valence-electron chi connectivity index (χ4n) is 4.07. The zero-order valence-corrected chi connectivity index (χ0v) is 20.8. The van der Waals surface area contributed by atoms with Gasteiger partial charge in [0.25, 0.3) is 5.91 Å². The molecule has 0 saturated carbocycles. The van der Waals surface area contributed by atoms with E-state index in [1.54, 1.807) is 19.1 Å². The lowest BCUT2D eigenvalue weighted by Crippen LogP contribution is -2.50. The molecule has 1 aliphatic rings.